The van der Waals surface area contributed by atoms with Crippen LogP contribution in [0.1, 0.15) is 49.8 Å². The summed E-state index contributed by atoms with van der Waals surface area (Å²) in [5.41, 5.74) is 6.97. The standard InChI is InChI=1S/C15H16ClF3N6.C5H9FO/c1-8(15(17,18)19)24-4-2-9(3-5-24)13-10(6-20)12(16)11-7-22-14(21)23-25(11)13;6-5-2-1-3-7-4-5/h7-9H,2-5H2,1H3,(H2,21,23);5H,1-4H2. The molecule has 2 aromatic heterocycles. The van der Waals surface area contributed by atoms with Crippen LogP contribution in [0.2, 0.25) is 5.02 Å². The van der Waals surface area contributed by atoms with E-state index >= 15 is 0 Å². The van der Waals surface area contributed by atoms with Crippen molar-refractivity contribution in [2.45, 2.75) is 56.9 Å². The largest absolute Gasteiger partial charge is 0.403 e. The van der Waals surface area contributed by atoms with Gasteiger partial charge >= 0.3 is 6.18 Å². The van der Waals surface area contributed by atoms with Crippen LogP contribution in [0.25, 0.3) is 5.52 Å². The SMILES string of the molecule is CC(N1CCC(c2c(C#N)c(Cl)c3cnc(N)nn23)CC1)C(F)(F)F.FC1CCCOC1. The molecule has 7 nitrogen and oxygen atoms in total. The number of piperidine rings is 1. The number of rotatable bonds is 2. The Labute approximate surface area is 188 Å². The molecule has 4 heterocycles. The molecule has 0 bridgehead atoms. The highest BCUT2D eigenvalue weighted by molar-refractivity contribution is 6.35. The number of hydrogen-bond acceptors (Lipinski definition) is 6. The van der Waals surface area contributed by atoms with Gasteiger partial charge in [-0.25, -0.2) is 13.9 Å². The van der Waals surface area contributed by atoms with Crippen LogP contribution >= 0.6 is 11.6 Å². The molecular weight excluding hydrogens is 452 g/mol. The number of fused-ring (bicyclic) bond motifs is 1. The van der Waals surface area contributed by atoms with Gasteiger partial charge in [0.2, 0.25) is 5.95 Å². The summed E-state index contributed by atoms with van der Waals surface area (Å²) in [6.07, 6.45) is -0.967. The molecule has 12 heteroatoms. The molecule has 2 aromatic rings. The first kappa shape index (κ1) is 24.5. The molecule has 2 unspecified atom stereocenters. The minimum absolute atomic E-state index is 0.0352. The van der Waals surface area contributed by atoms with Gasteiger partial charge < -0.3 is 10.5 Å². The zero-order chi connectivity index (χ0) is 23.5. The Morgan fingerprint density at radius 2 is 2.00 bits per heavy atom. The fourth-order valence-corrected chi connectivity index (χ4v) is 4.26. The number of alkyl halides is 4. The average molecular weight is 477 g/mol. The number of halogens is 5. The first-order valence-corrected chi connectivity index (χ1v) is 10.8. The van der Waals surface area contributed by atoms with Crippen LogP contribution in [0, 0.1) is 11.3 Å². The van der Waals surface area contributed by atoms with Gasteiger partial charge in [-0.1, -0.05) is 11.6 Å². The molecule has 0 amide bonds. The van der Waals surface area contributed by atoms with E-state index in [1.165, 1.54) is 22.5 Å². The summed E-state index contributed by atoms with van der Waals surface area (Å²) < 4.78 is 57.0. The molecule has 2 atom stereocenters. The van der Waals surface area contributed by atoms with Crippen molar-refractivity contribution < 1.29 is 22.3 Å². The minimum Gasteiger partial charge on any atom is -0.378 e. The van der Waals surface area contributed by atoms with Crippen molar-refractivity contribution in [3.8, 4) is 6.07 Å². The Morgan fingerprint density at radius 1 is 1.31 bits per heavy atom. The van der Waals surface area contributed by atoms with Gasteiger partial charge in [-0.2, -0.15) is 18.4 Å². The first-order valence-electron chi connectivity index (χ1n) is 10.4. The summed E-state index contributed by atoms with van der Waals surface area (Å²) in [5.74, 6) is -0.0892. The van der Waals surface area contributed by atoms with E-state index in [9.17, 15) is 22.8 Å². The Balaban J connectivity index is 0.000000352. The molecule has 2 fully saturated rings. The van der Waals surface area contributed by atoms with E-state index < -0.39 is 18.4 Å². The Kier molecular flexibility index (Phi) is 7.79. The minimum atomic E-state index is -4.25. The number of nitrogens with zero attached hydrogens (tertiary/aromatic N) is 5. The smallest absolute Gasteiger partial charge is 0.378 e. The summed E-state index contributed by atoms with van der Waals surface area (Å²) in [4.78, 5) is 5.29. The molecular formula is C20H25ClF4N6O. The van der Waals surface area contributed by atoms with Crippen molar-refractivity contribution in [1.29, 1.82) is 5.26 Å². The average Bonchev–Trinajstić information content (AvgIpc) is 3.04. The van der Waals surface area contributed by atoms with Crippen molar-refractivity contribution in [3.63, 3.8) is 0 Å². The number of nitrogen functional groups attached to an aromatic ring is 1. The lowest BCUT2D eigenvalue weighted by Gasteiger charge is -2.36. The number of nitriles is 1. The first-order chi connectivity index (χ1) is 15.1. The van der Waals surface area contributed by atoms with Crippen molar-refractivity contribution in [2.75, 3.05) is 32.0 Å². The molecule has 2 aliphatic rings. The Bertz CT molecular complexity index is 962. The third kappa shape index (κ3) is 5.42. The third-order valence-corrected chi connectivity index (χ3v) is 6.22. The molecule has 176 valence electrons. The van der Waals surface area contributed by atoms with Crippen LogP contribution in [0.4, 0.5) is 23.5 Å². The van der Waals surface area contributed by atoms with E-state index in [4.69, 9.17) is 22.1 Å². The van der Waals surface area contributed by atoms with Crippen LogP contribution in [-0.4, -0.2) is 64.2 Å². The van der Waals surface area contributed by atoms with Gasteiger partial charge in [0.15, 0.2) is 0 Å². The molecule has 2 aliphatic heterocycles. The van der Waals surface area contributed by atoms with E-state index in [-0.39, 0.29) is 35.5 Å². The second-order valence-electron chi connectivity index (χ2n) is 7.94. The predicted octanol–water partition coefficient (Wildman–Crippen LogP) is 4.10. The highest BCUT2D eigenvalue weighted by Crippen LogP contribution is 2.38. The van der Waals surface area contributed by atoms with Gasteiger partial charge in [0.1, 0.15) is 23.8 Å². The zero-order valence-corrected chi connectivity index (χ0v) is 18.3. The molecule has 0 aliphatic carbocycles. The van der Waals surface area contributed by atoms with Gasteiger partial charge in [-0.3, -0.25) is 4.90 Å². The maximum atomic E-state index is 12.9. The fourth-order valence-electron chi connectivity index (χ4n) is 4.00. The molecule has 0 aromatic carbocycles. The Hall–Kier alpha value is -2.16. The monoisotopic (exact) mass is 476 g/mol. The van der Waals surface area contributed by atoms with Crippen LogP contribution in [-0.2, 0) is 4.74 Å². The fraction of sp³-hybridized carbons (Fsp3) is 0.650. The highest BCUT2D eigenvalue weighted by Gasteiger charge is 2.41. The lowest BCUT2D eigenvalue weighted by atomic mass is 9.91. The van der Waals surface area contributed by atoms with Crippen LogP contribution < -0.4 is 5.73 Å². The highest BCUT2D eigenvalue weighted by atomic mass is 35.5. The van der Waals surface area contributed by atoms with Crippen molar-refractivity contribution in [1.82, 2.24) is 19.5 Å². The number of anilines is 1. The van der Waals surface area contributed by atoms with Crippen LogP contribution in [0.15, 0.2) is 6.20 Å². The van der Waals surface area contributed by atoms with Gasteiger partial charge in [0.25, 0.3) is 0 Å². The number of likely N-dealkylation sites (tertiary alicyclic amines) is 1. The quantitative estimate of drug-likeness (QED) is 0.656. The van der Waals surface area contributed by atoms with Crippen molar-refractivity contribution in [2.24, 2.45) is 0 Å². The lowest BCUT2D eigenvalue weighted by molar-refractivity contribution is -0.181. The van der Waals surface area contributed by atoms with Crippen LogP contribution in [0.5, 0.6) is 0 Å². The summed E-state index contributed by atoms with van der Waals surface area (Å²) >= 11 is 6.25. The number of aromatic nitrogens is 3. The van der Waals surface area contributed by atoms with Gasteiger partial charge in [0, 0.05) is 12.5 Å². The van der Waals surface area contributed by atoms with E-state index in [0.29, 0.717) is 37.1 Å². The summed E-state index contributed by atoms with van der Waals surface area (Å²) in [6, 6.07) is 0.582. The second-order valence-corrected chi connectivity index (χ2v) is 8.32. The molecule has 0 radical (unpaired) electrons. The summed E-state index contributed by atoms with van der Waals surface area (Å²) in [7, 11) is 0. The maximum absolute atomic E-state index is 12.9. The Morgan fingerprint density at radius 3 is 2.50 bits per heavy atom. The number of hydrogen-bond donors (Lipinski definition) is 1. The maximum Gasteiger partial charge on any atom is 0.403 e. The van der Waals surface area contributed by atoms with Gasteiger partial charge in [-0.15, -0.1) is 5.10 Å². The summed E-state index contributed by atoms with van der Waals surface area (Å²) in [6.45, 7) is 2.79. The van der Waals surface area contributed by atoms with E-state index in [1.807, 2.05) is 0 Å². The molecule has 32 heavy (non-hydrogen) atoms. The second kappa shape index (κ2) is 10.2. The molecule has 0 saturated carbocycles. The topological polar surface area (TPSA) is 92.5 Å². The van der Waals surface area contributed by atoms with E-state index in [2.05, 4.69) is 16.2 Å². The van der Waals surface area contributed by atoms with Gasteiger partial charge in [-0.05, 0) is 45.7 Å². The normalized spacial score (nSPS) is 21.6. The summed E-state index contributed by atoms with van der Waals surface area (Å²) in [5, 5.41) is 13.8. The number of ether oxygens (including phenoxy) is 1. The number of nitrogens with two attached hydrogens (primary N) is 1. The third-order valence-electron chi connectivity index (χ3n) is 5.83. The van der Waals surface area contributed by atoms with Crippen molar-refractivity contribution in [3.05, 3.63) is 22.5 Å². The van der Waals surface area contributed by atoms with E-state index in [0.717, 1.165) is 13.0 Å². The van der Waals surface area contributed by atoms with E-state index in [1.54, 1.807) is 0 Å². The predicted molar refractivity (Wildman–Crippen MR) is 111 cm³/mol. The zero-order valence-electron chi connectivity index (χ0n) is 17.6. The molecule has 2 N–H and O–H groups in total. The lowest BCUT2D eigenvalue weighted by Crippen LogP contribution is -2.47. The van der Waals surface area contributed by atoms with Crippen LogP contribution in [0.3, 0.4) is 0 Å². The molecule has 2 saturated heterocycles. The van der Waals surface area contributed by atoms with Gasteiger partial charge in [0.05, 0.1) is 29.1 Å². The molecule has 0 spiro atoms. The molecule has 4 rings (SSSR count). The van der Waals surface area contributed by atoms with Crippen molar-refractivity contribution >= 4 is 23.1 Å².